The Labute approximate surface area is 172 Å². The second-order valence-corrected chi connectivity index (χ2v) is 9.15. The number of carbonyl (C=O) groups is 1. The molecule has 0 spiro atoms. The van der Waals surface area contributed by atoms with Crippen LogP contribution in [-0.4, -0.2) is 40.1 Å². The summed E-state index contributed by atoms with van der Waals surface area (Å²) in [6.45, 7) is 4.75. The van der Waals surface area contributed by atoms with Crippen LogP contribution in [0.1, 0.15) is 30.9 Å². The standard InChI is InChI=1S/C22H28N2O4S/c1-3-18-8-10-19(11-9-18)24(16-22(25)23-15-20-5-4-14-28-20)29(26,27)21-12-6-17(2)7-13-21/h6-13,20H,3-5,14-16H2,1-2H3,(H,23,25)/t20-/m0/s1. The van der Waals surface area contributed by atoms with Gasteiger partial charge < -0.3 is 10.1 Å². The maximum Gasteiger partial charge on any atom is 0.264 e. The Morgan fingerprint density at radius 2 is 1.83 bits per heavy atom. The first-order valence-corrected chi connectivity index (χ1v) is 11.4. The molecule has 0 saturated carbocycles. The van der Waals surface area contributed by atoms with Gasteiger partial charge in [0, 0.05) is 13.2 Å². The van der Waals surface area contributed by atoms with E-state index in [1.54, 1.807) is 36.4 Å². The number of rotatable bonds is 8. The normalized spacial score (nSPS) is 16.6. The van der Waals surface area contributed by atoms with Crippen LogP contribution in [0.2, 0.25) is 0 Å². The Morgan fingerprint density at radius 3 is 2.41 bits per heavy atom. The molecule has 2 aromatic carbocycles. The third kappa shape index (κ3) is 5.36. The summed E-state index contributed by atoms with van der Waals surface area (Å²) in [6, 6.07) is 13.9. The van der Waals surface area contributed by atoms with E-state index in [0.717, 1.165) is 30.4 Å². The average Bonchev–Trinajstić information content (AvgIpc) is 3.24. The molecule has 3 rings (SSSR count). The van der Waals surface area contributed by atoms with Gasteiger partial charge in [-0.15, -0.1) is 0 Å². The van der Waals surface area contributed by atoms with E-state index < -0.39 is 10.0 Å². The number of amides is 1. The Hall–Kier alpha value is -2.38. The molecule has 156 valence electrons. The highest BCUT2D eigenvalue weighted by molar-refractivity contribution is 7.92. The predicted octanol–water partition coefficient (Wildman–Crippen LogP) is 3.05. The van der Waals surface area contributed by atoms with Gasteiger partial charge in [0.25, 0.3) is 10.0 Å². The molecule has 1 fully saturated rings. The average molecular weight is 417 g/mol. The number of ether oxygens (including phenoxy) is 1. The lowest BCUT2D eigenvalue weighted by atomic mass is 10.1. The summed E-state index contributed by atoms with van der Waals surface area (Å²) in [5, 5.41) is 2.81. The van der Waals surface area contributed by atoms with Crippen LogP contribution in [0.4, 0.5) is 5.69 Å². The number of carbonyl (C=O) groups excluding carboxylic acids is 1. The van der Waals surface area contributed by atoms with Crippen molar-refractivity contribution in [3.8, 4) is 0 Å². The van der Waals surface area contributed by atoms with Gasteiger partial charge in [0.15, 0.2) is 0 Å². The topological polar surface area (TPSA) is 75.7 Å². The van der Waals surface area contributed by atoms with E-state index in [-0.39, 0.29) is 23.5 Å². The molecule has 1 heterocycles. The Balaban J connectivity index is 1.84. The quantitative estimate of drug-likeness (QED) is 0.718. The molecule has 2 aromatic rings. The molecule has 1 aliphatic rings. The van der Waals surface area contributed by atoms with E-state index in [4.69, 9.17) is 4.74 Å². The summed E-state index contributed by atoms with van der Waals surface area (Å²) >= 11 is 0. The summed E-state index contributed by atoms with van der Waals surface area (Å²) < 4.78 is 33.3. The van der Waals surface area contributed by atoms with Gasteiger partial charge in [-0.05, 0) is 56.0 Å². The molecule has 1 amide bonds. The summed E-state index contributed by atoms with van der Waals surface area (Å²) in [5.74, 6) is -0.351. The Bertz CT molecular complexity index is 918. The molecule has 0 aliphatic carbocycles. The molecule has 1 N–H and O–H groups in total. The second-order valence-electron chi connectivity index (χ2n) is 7.28. The number of nitrogens with zero attached hydrogens (tertiary/aromatic N) is 1. The Kier molecular flexibility index (Phi) is 6.92. The van der Waals surface area contributed by atoms with Crippen molar-refractivity contribution < 1.29 is 17.9 Å². The minimum absolute atomic E-state index is 0.00458. The molecule has 7 heteroatoms. The zero-order valence-corrected chi connectivity index (χ0v) is 17.7. The number of aryl methyl sites for hydroxylation is 2. The molecule has 0 aromatic heterocycles. The van der Waals surface area contributed by atoms with Gasteiger partial charge >= 0.3 is 0 Å². The maximum absolute atomic E-state index is 13.3. The van der Waals surface area contributed by atoms with Gasteiger partial charge in [0.05, 0.1) is 16.7 Å². The van der Waals surface area contributed by atoms with Gasteiger partial charge in [-0.1, -0.05) is 36.8 Å². The molecular weight excluding hydrogens is 388 g/mol. The van der Waals surface area contributed by atoms with Crippen LogP contribution in [0.25, 0.3) is 0 Å². The first kappa shape index (κ1) is 21.3. The van der Waals surface area contributed by atoms with Crippen LogP contribution in [0, 0.1) is 6.92 Å². The van der Waals surface area contributed by atoms with Crippen LogP contribution < -0.4 is 9.62 Å². The number of anilines is 1. The molecule has 0 radical (unpaired) electrons. The fourth-order valence-electron chi connectivity index (χ4n) is 3.27. The zero-order valence-electron chi connectivity index (χ0n) is 16.9. The van der Waals surface area contributed by atoms with E-state index in [0.29, 0.717) is 18.8 Å². The summed E-state index contributed by atoms with van der Waals surface area (Å²) in [7, 11) is -3.88. The van der Waals surface area contributed by atoms with E-state index in [1.807, 2.05) is 26.0 Å². The van der Waals surface area contributed by atoms with Crippen molar-refractivity contribution in [3.05, 3.63) is 59.7 Å². The SMILES string of the molecule is CCc1ccc(N(CC(=O)NC[C@@H]2CCCO2)S(=O)(=O)c2ccc(C)cc2)cc1. The monoisotopic (exact) mass is 416 g/mol. The highest BCUT2D eigenvalue weighted by Gasteiger charge is 2.27. The lowest BCUT2D eigenvalue weighted by molar-refractivity contribution is -0.120. The molecule has 1 saturated heterocycles. The van der Waals surface area contributed by atoms with Crippen LogP contribution in [-0.2, 0) is 26.0 Å². The maximum atomic E-state index is 13.3. The number of sulfonamides is 1. The first-order chi connectivity index (χ1) is 13.9. The molecule has 29 heavy (non-hydrogen) atoms. The van der Waals surface area contributed by atoms with Crippen molar-refractivity contribution in [2.24, 2.45) is 0 Å². The largest absolute Gasteiger partial charge is 0.376 e. The molecule has 6 nitrogen and oxygen atoms in total. The number of benzene rings is 2. The van der Waals surface area contributed by atoms with Gasteiger partial charge in [0.2, 0.25) is 5.91 Å². The fourth-order valence-corrected chi connectivity index (χ4v) is 4.69. The van der Waals surface area contributed by atoms with Crippen molar-refractivity contribution in [1.29, 1.82) is 0 Å². The number of nitrogens with one attached hydrogen (secondary N) is 1. The number of hydrogen-bond acceptors (Lipinski definition) is 4. The first-order valence-electron chi connectivity index (χ1n) is 9.97. The van der Waals surface area contributed by atoms with Gasteiger partial charge in [0.1, 0.15) is 6.54 Å². The molecule has 1 atom stereocenters. The zero-order chi connectivity index (χ0) is 20.9. The number of hydrogen-bond donors (Lipinski definition) is 1. The van der Waals surface area contributed by atoms with Crippen LogP contribution in [0.5, 0.6) is 0 Å². The van der Waals surface area contributed by atoms with Crippen molar-refractivity contribution >= 4 is 21.6 Å². The second kappa shape index (κ2) is 9.41. The van der Waals surface area contributed by atoms with Crippen molar-refractivity contribution in [3.63, 3.8) is 0 Å². The van der Waals surface area contributed by atoms with Gasteiger partial charge in [-0.3, -0.25) is 9.10 Å². The summed E-state index contributed by atoms with van der Waals surface area (Å²) in [4.78, 5) is 12.7. The van der Waals surface area contributed by atoms with Crippen LogP contribution >= 0.6 is 0 Å². The van der Waals surface area contributed by atoms with Crippen molar-refractivity contribution in [2.75, 3.05) is 24.0 Å². The van der Waals surface area contributed by atoms with E-state index in [2.05, 4.69) is 5.32 Å². The smallest absolute Gasteiger partial charge is 0.264 e. The molecule has 1 aliphatic heterocycles. The van der Waals surface area contributed by atoms with Crippen molar-refractivity contribution in [2.45, 2.75) is 44.1 Å². The molecule has 0 unspecified atom stereocenters. The van der Waals surface area contributed by atoms with E-state index in [9.17, 15) is 13.2 Å². The van der Waals surface area contributed by atoms with Crippen LogP contribution in [0.15, 0.2) is 53.4 Å². The molecular formula is C22H28N2O4S. The lowest BCUT2D eigenvalue weighted by Crippen LogP contribution is -2.42. The summed E-state index contributed by atoms with van der Waals surface area (Å²) in [6.07, 6.45) is 2.75. The minimum atomic E-state index is -3.88. The molecule has 0 bridgehead atoms. The predicted molar refractivity (Wildman–Crippen MR) is 114 cm³/mol. The Morgan fingerprint density at radius 1 is 1.14 bits per heavy atom. The lowest BCUT2D eigenvalue weighted by Gasteiger charge is -2.24. The van der Waals surface area contributed by atoms with Gasteiger partial charge in [-0.25, -0.2) is 8.42 Å². The fraction of sp³-hybridized carbons (Fsp3) is 0.409. The highest BCUT2D eigenvalue weighted by atomic mass is 32.2. The minimum Gasteiger partial charge on any atom is -0.376 e. The third-order valence-electron chi connectivity index (χ3n) is 5.08. The van der Waals surface area contributed by atoms with E-state index >= 15 is 0 Å². The third-order valence-corrected chi connectivity index (χ3v) is 6.87. The van der Waals surface area contributed by atoms with E-state index in [1.165, 1.54) is 4.31 Å². The van der Waals surface area contributed by atoms with Crippen molar-refractivity contribution in [1.82, 2.24) is 5.32 Å². The highest BCUT2D eigenvalue weighted by Crippen LogP contribution is 2.24. The van der Waals surface area contributed by atoms with Crippen LogP contribution in [0.3, 0.4) is 0 Å². The van der Waals surface area contributed by atoms with Gasteiger partial charge in [-0.2, -0.15) is 0 Å². The summed E-state index contributed by atoms with van der Waals surface area (Å²) in [5.41, 5.74) is 2.54.